The number of nitrogens with one attached hydrogen (secondary N) is 2. The highest BCUT2D eigenvalue weighted by molar-refractivity contribution is 7.22. The number of nitrogen functional groups attached to an aromatic ring is 1. The van der Waals surface area contributed by atoms with Gasteiger partial charge in [0, 0.05) is 16.0 Å². The lowest BCUT2D eigenvalue weighted by atomic mass is 10.1. The number of carbonyl (C=O) groups is 1. The molecule has 9 heteroatoms. The zero-order chi connectivity index (χ0) is 24.4. The number of nitrogens with two attached hydrogens (primary N) is 1. The highest BCUT2D eigenvalue weighted by atomic mass is 32.1. The summed E-state index contributed by atoms with van der Waals surface area (Å²) in [5, 5.41) is 6.82. The van der Waals surface area contributed by atoms with E-state index in [-0.39, 0.29) is 17.8 Å². The fourth-order valence-corrected chi connectivity index (χ4v) is 5.45. The first-order valence-corrected chi connectivity index (χ1v) is 12.6. The molecule has 0 bridgehead atoms. The van der Waals surface area contributed by atoms with Crippen LogP contribution in [0.3, 0.4) is 0 Å². The molecule has 1 atom stereocenters. The molecule has 0 saturated carbocycles. The van der Waals surface area contributed by atoms with E-state index in [1.807, 2.05) is 19.1 Å². The van der Waals surface area contributed by atoms with Gasteiger partial charge in [-0.3, -0.25) is 4.79 Å². The average Bonchev–Trinajstić information content (AvgIpc) is 3.48. The van der Waals surface area contributed by atoms with Gasteiger partial charge in [0.25, 0.3) is 5.91 Å². The van der Waals surface area contributed by atoms with E-state index in [1.165, 1.54) is 23.5 Å². The first-order valence-electron chi connectivity index (χ1n) is 11.0. The molecule has 0 fully saturated rings. The van der Waals surface area contributed by atoms with Crippen LogP contribution < -0.4 is 16.4 Å². The first kappa shape index (κ1) is 22.9. The summed E-state index contributed by atoms with van der Waals surface area (Å²) in [5.41, 5.74) is 9.12. The highest BCUT2D eigenvalue weighted by Crippen LogP contribution is 2.33. The average molecular weight is 504 g/mol. The largest absolute Gasteiger partial charge is 0.375 e. The molecule has 4 N–H and O–H groups in total. The Kier molecular flexibility index (Phi) is 6.43. The molecule has 3 aromatic heterocycles. The molecule has 176 valence electrons. The Balaban J connectivity index is 1.27. The Morgan fingerprint density at radius 2 is 1.91 bits per heavy atom. The third-order valence-electron chi connectivity index (χ3n) is 5.55. The molecule has 2 aromatic carbocycles. The zero-order valence-electron chi connectivity index (χ0n) is 18.8. The number of aromatic nitrogens is 2. The molecule has 1 amide bonds. The minimum Gasteiger partial charge on any atom is -0.375 e. The van der Waals surface area contributed by atoms with E-state index >= 15 is 0 Å². The van der Waals surface area contributed by atoms with E-state index in [0.29, 0.717) is 23.1 Å². The van der Waals surface area contributed by atoms with E-state index in [9.17, 15) is 9.18 Å². The van der Waals surface area contributed by atoms with Crippen LogP contribution in [-0.4, -0.2) is 15.9 Å². The van der Waals surface area contributed by atoms with Crippen LogP contribution in [0.2, 0.25) is 0 Å². The number of halogens is 1. The van der Waals surface area contributed by atoms with Crippen molar-refractivity contribution in [2.24, 2.45) is 0 Å². The van der Waals surface area contributed by atoms with Gasteiger partial charge in [0.2, 0.25) is 0 Å². The quantitative estimate of drug-likeness (QED) is 0.244. The molecule has 3 heterocycles. The number of hydrogen-bond acceptors (Lipinski definition) is 7. The van der Waals surface area contributed by atoms with Crippen LogP contribution in [0.4, 0.5) is 15.3 Å². The van der Waals surface area contributed by atoms with Crippen LogP contribution in [0, 0.1) is 5.82 Å². The number of nitrogens with zero attached hydrogens (tertiary/aromatic N) is 2. The van der Waals surface area contributed by atoms with Gasteiger partial charge in [-0.15, -0.1) is 11.3 Å². The van der Waals surface area contributed by atoms with Gasteiger partial charge in [-0.1, -0.05) is 29.5 Å². The number of carbonyl (C=O) groups excluding carboxylic acids is 1. The van der Waals surface area contributed by atoms with E-state index in [0.717, 1.165) is 31.1 Å². The van der Waals surface area contributed by atoms with Gasteiger partial charge in [0.15, 0.2) is 5.13 Å². The monoisotopic (exact) mass is 503 g/mol. The zero-order valence-corrected chi connectivity index (χ0v) is 20.4. The Labute approximate surface area is 209 Å². The van der Waals surface area contributed by atoms with Crippen molar-refractivity contribution in [1.29, 1.82) is 0 Å². The van der Waals surface area contributed by atoms with Crippen molar-refractivity contribution >= 4 is 49.7 Å². The second-order valence-corrected chi connectivity index (χ2v) is 10.2. The van der Waals surface area contributed by atoms with Gasteiger partial charge in [-0.05, 0) is 66.6 Å². The van der Waals surface area contributed by atoms with Gasteiger partial charge in [-0.25, -0.2) is 14.4 Å². The van der Waals surface area contributed by atoms with Gasteiger partial charge in [-0.2, -0.15) is 0 Å². The summed E-state index contributed by atoms with van der Waals surface area (Å²) in [7, 11) is 0. The van der Waals surface area contributed by atoms with Crippen molar-refractivity contribution in [1.82, 2.24) is 15.3 Å². The van der Waals surface area contributed by atoms with Crippen molar-refractivity contribution in [3.8, 4) is 10.4 Å². The number of thiophene rings is 1. The van der Waals surface area contributed by atoms with E-state index in [1.54, 1.807) is 41.8 Å². The van der Waals surface area contributed by atoms with Crippen molar-refractivity contribution in [3.63, 3.8) is 0 Å². The Morgan fingerprint density at radius 3 is 2.74 bits per heavy atom. The number of anilines is 2. The second-order valence-electron chi connectivity index (χ2n) is 8.00. The number of amides is 1. The maximum Gasteiger partial charge on any atom is 0.255 e. The molecule has 35 heavy (non-hydrogen) atoms. The summed E-state index contributed by atoms with van der Waals surface area (Å²) < 4.78 is 14.3. The van der Waals surface area contributed by atoms with Gasteiger partial charge in [0.1, 0.15) is 11.6 Å². The van der Waals surface area contributed by atoms with Crippen molar-refractivity contribution in [2.45, 2.75) is 19.5 Å². The normalized spacial score (nSPS) is 11.9. The number of hydrogen-bond donors (Lipinski definition) is 3. The number of thiazole rings is 1. The maximum absolute atomic E-state index is 13.2. The molecule has 0 aliphatic heterocycles. The SMILES string of the molecule is C[C@H](NC(=O)c1cccnc1NCc1ccc(-c2ccc3nc(N)sc3c2)s1)c1ccc(F)cc1. The number of rotatable bonds is 7. The lowest BCUT2D eigenvalue weighted by Gasteiger charge is -2.16. The maximum atomic E-state index is 13.2. The fraction of sp³-hybridized carbons (Fsp3) is 0.115. The highest BCUT2D eigenvalue weighted by Gasteiger charge is 2.16. The topological polar surface area (TPSA) is 92.9 Å². The lowest BCUT2D eigenvalue weighted by Crippen LogP contribution is -2.27. The van der Waals surface area contributed by atoms with Crippen LogP contribution in [-0.2, 0) is 6.54 Å². The van der Waals surface area contributed by atoms with Crippen LogP contribution in [0.5, 0.6) is 0 Å². The first-order chi connectivity index (χ1) is 17.0. The van der Waals surface area contributed by atoms with Gasteiger partial charge < -0.3 is 16.4 Å². The molecular weight excluding hydrogens is 481 g/mol. The predicted octanol–water partition coefficient (Wildman–Crippen LogP) is 6.24. The molecule has 0 saturated heterocycles. The van der Waals surface area contributed by atoms with Crippen LogP contribution in [0.25, 0.3) is 20.7 Å². The van der Waals surface area contributed by atoms with Crippen LogP contribution >= 0.6 is 22.7 Å². The standard InChI is InChI=1S/C26H22FN5OS2/c1-15(16-4-7-18(27)8-5-16)31-25(33)20-3-2-12-29-24(20)30-14-19-9-11-22(34-19)17-6-10-21-23(13-17)35-26(28)32-21/h2-13,15H,14H2,1H3,(H2,28,32)(H,29,30)(H,31,33)/t15-/m0/s1. The smallest absolute Gasteiger partial charge is 0.255 e. The second kappa shape index (κ2) is 9.81. The molecule has 5 rings (SSSR count). The summed E-state index contributed by atoms with van der Waals surface area (Å²) >= 11 is 3.15. The molecule has 0 unspecified atom stereocenters. The predicted molar refractivity (Wildman–Crippen MR) is 141 cm³/mol. The molecule has 6 nitrogen and oxygen atoms in total. The van der Waals surface area contributed by atoms with Crippen LogP contribution in [0.15, 0.2) is 72.9 Å². The lowest BCUT2D eigenvalue weighted by molar-refractivity contribution is 0.0940. The number of fused-ring (bicyclic) bond motifs is 1. The molecule has 0 radical (unpaired) electrons. The molecular formula is C26H22FN5OS2. The minimum absolute atomic E-state index is 0.249. The summed E-state index contributed by atoms with van der Waals surface area (Å²) in [4.78, 5) is 23.9. The summed E-state index contributed by atoms with van der Waals surface area (Å²) in [6.45, 7) is 2.39. The Hall–Kier alpha value is -3.82. The van der Waals surface area contributed by atoms with Gasteiger partial charge >= 0.3 is 0 Å². The minimum atomic E-state index is -0.309. The summed E-state index contributed by atoms with van der Waals surface area (Å²) in [6, 6.07) is 19.6. The third-order valence-corrected chi connectivity index (χ3v) is 7.53. The molecule has 0 spiro atoms. The van der Waals surface area contributed by atoms with E-state index in [2.05, 4.69) is 38.8 Å². The molecule has 0 aliphatic rings. The fourth-order valence-electron chi connectivity index (χ4n) is 3.73. The van der Waals surface area contributed by atoms with Crippen molar-refractivity contribution in [3.05, 3.63) is 94.7 Å². The molecule has 0 aliphatic carbocycles. The van der Waals surface area contributed by atoms with Crippen molar-refractivity contribution < 1.29 is 9.18 Å². The third kappa shape index (κ3) is 5.16. The van der Waals surface area contributed by atoms with Crippen LogP contribution in [0.1, 0.15) is 33.8 Å². The summed E-state index contributed by atoms with van der Waals surface area (Å²) in [5.74, 6) is -0.0502. The Morgan fingerprint density at radius 1 is 1.09 bits per heavy atom. The van der Waals surface area contributed by atoms with Crippen molar-refractivity contribution in [2.75, 3.05) is 11.1 Å². The molecule has 5 aromatic rings. The number of pyridine rings is 1. The summed E-state index contributed by atoms with van der Waals surface area (Å²) in [6.07, 6.45) is 1.65. The van der Waals surface area contributed by atoms with E-state index in [4.69, 9.17) is 5.73 Å². The van der Waals surface area contributed by atoms with Gasteiger partial charge in [0.05, 0.1) is 28.4 Å². The Bertz CT molecular complexity index is 1500. The number of benzene rings is 2. The van der Waals surface area contributed by atoms with E-state index < -0.39 is 0 Å².